The van der Waals surface area contributed by atoms with Gasteiger partial charge in [0.15, 0.2) is 5.92 Å². The minimum Gasteiger partial charge on any atom is -0.481 e. The number of rotatable bonds is 5. The Bertz CT molecular complexity index is 770. The molecule has 6 nitrogen and oxygen atoms in total. The van der Waals surface area contributed by atoms with Gasteiger partial charge in [-0.15, -0.1) is 0 Å². The Morgan fingerprint density at radius 1 is 1.27 bits per heavy atom. The van der Waals surface area contributed by atoms with Crippen molar-refractivity contribution in [1.82, 2.24) is 0 Å². The standard InChI is InChI=1S/C16H15NO5/c1-8-9(2)22-13-4-3-10(7-12(8)13)11(5-6-17)14(15(18)19)16(20)21/h3-4,7,11,14H,5H2,1-2H3,(H,18,19)(H,20,21). The molecule has 1 aromatic heterocycles. The van der Waals surface area contributed by atoms with Gasteiger partial charge in [-0.3, -0.25) is 9.59 Å². The summed E-state index contributed by atoms with van der Waals surface area (Å²) >= 11 is 0. The highest BCUT2D eigenvalue weighted by molar-refractivity contribution is 5.94. The number of carboxylic acid groups (broad SMARTS) is 2. The van der Waals surface area contributed by atoms with Crippen molar-refractivity contribution in [3.05, 3.63) is 35.1 Å². The maximum atomic E-state index is 11.3. The maximum absolute atomic E-state index is 11.3. The van der Waals surface area contributed by atoms with E-state index in [1.54, 1.807) is 18.2 Å². The van der Waals surface area contributed by atoms with Crippen LogP contribution in [0.4, 0.5) is 0 Å². The summed E-state index contributed by atoms with van der Waals surface area (Å²) in [5.41, 5.74) is 2.07. The van der Waals surface area contributed by atoms with Crippen LogP contribution in [0, 0.1) is 31.1 Å². The molecule has 1 heterocycles. The normalized spacial score (nSPS) is 12.3. The summed E-state index contributed by atoms with van der Waals surface area (Å²) in [6, 6.07) is 6.88. The van der Waals surface area contributed by atoms with E-state index < -0.39 is 23.8 Å². The zero-order valence-corrected chi connectivity index (χ0v) is 12.2. The molecule has 2 rings (SSSR count). The van der Waals surface area contributed by atoms with E-state index in [2.05, 4.69) is 0 Å². The fourth-order valence-corrected chi connectivity index (χ4v) is 2.57. The molecule has 0 aliphatic rings. The fourth-order valence-electron chi connectivity index (χ4n) is 2.57. The van der Waals surface area contributed by atoms with Crippen molar-refractivity contribution in [1.29, 1.82) is 5.26 Å². The van der Waals surface area contributed by atoms with E-state index in [0.717, 1.165) is 16.7 Å². The maximum Gasteiger partial charge on any atom is 0.318 e. The predicted molar refractivity (Wildman–Crippen MR) is 77.4 cm³/mol. The van der Waals surface area contributed by atoms with Gasteiger partial charge in [-0.2, -0.15) is 5.26 Å². The van der Waals surface area contributed by atoms with Crippen LogP contribution in [0.1, 0.15) is 29.2 Å². The van der Waals surface area contributed by atoms with Crippen molar-refractivity contribution < 1.29 is 24.2 Å². The SMILES string of the molecule is Cc1oc2ccc(C(CC#N)C(C(=O)O)C(=O)O)cc2c1C. The van der Waals surface area contributed by atoms with Crippen molar-refractivity contribution in [2.75, 3.05) is 0 Å². The quantitative estimate of drug-likeness (QED) is 0.821. The van der Waals surface area contributed by atoms with Gasteiger partial charge in [0.2, 0.25) is 0 Å². The van der Waals surface area contributed by atoms with E-state index in [1.165, 1.54) is 0 Å². The molecule has 1 aromatic carbocycles. The second-order valence-corrected chi connectivity index (χ2v) is 5.16. The molecule has 0 aliphatic carbocycles. The Hall–Kier alpha value is -2.81. The summed E-state index contributed by atoms with van der Waals surface area (Å²) in [4.78, 5) is 22.5. The number of hydrogen-bond acceptors (Lipinski definition) is 4. The number of nitriles is 1. The molecule has 0 spiro atoms. The highest BCUT2D eigenvalue weighted by Gasteiger charge is 2.36. The molecule has 0 aliphatic heterocycles. The van der Waals surface area contributed by atoms with Crippen LogP contribution in [0.25, 0.3) is 11.0 Å². The molecule has 2 N–H and O–H groups in total. The number of furan rings is 1. The van der Waals surface area contributed by atoms with Crippen molar-refractivity contribution >= 4 is 22.9 Å². The summed E-state index contributed by atoms with van der Waals surface area (Å²) in [5.74, 6) is -4.73. The largest absolute Gasteiger partial charge is 0.481 e. The van der Waals surface area contributed by atoms with E-state index >= 15 is 0 Å². The first-order valence-electron chi connectivity index (χ1n) is 6.69. The molecular weight excluding hydrogens is 286 g/mol. The molecule has 0 saturated carbocycles. The topological polar surface area (TPSA) is 112 Å². The first-order chi connectivity index (χ1) is 10.4. The molecule has 1 unspecified atom stereocenters. The van der Waals surface area contributed by atoms with E-state index in [1.807, 2.05) is 19.9 Å². The van der Waals surface area contributed by atoms with Gasteiger partial charge in [0, 0.05) is 17.7 Å². The lowest BCUT2D eigenvalue weighted by molar-refractivity contribution is -0.155. The molecular formula is C16H15NO5. The van der Waals surface area contributed by atoms with Crippen LogP contribution in [-0.4, -0.2) is 22.2 Å². The van der Waals surface area contributed by atoms with Gasteiger partial charge >= 0.3 is 11.9 Å². The van der Waals surface area contributed by atoms with Crippen LogP contribution in [0.15, 0.2) is 22.6 Å². The van der Waals surface area contributed by atoms with Crippen LogP contribution < -0.4 is 0 Å². The molecule has 1 atom stereocenters. The first-order valence-corrected chi connectivity index (χ1v) is 6.69. The molecule has 114 valence electrons. The Morgan fingerprint density at radius 2 is 1.91 bits per heavy atom. The van der Waals surface area contributed by atoms with E-state index in [9.17, 15) is 9.59 Å². The Morgan fingerprint density at radius 3 is 2.45 bits per heavy atom. The van der Waals surface area contributed by atoms with Gasteiger partial charge in [-0.05, 0) is 37.1 Å². The van der Waals surface area contributed by atoms with Gasteiger partial charge in [-0.25, -0.2) is 0 Å². The molecule has 0 radical (unpaired) electrons. The second kappa shape index (κ2) is 5.90. The lowest BCUT2D eigenvalue weighted by atomic mass is 9.83. The number of benzene rings is 1. The van der Waals surface area contributed by atoms with Crippen LogP contribution in [0.3, 0.4) is 0 Å². The van der Waals surface area contributed by atoms with Gasteiger partial charge < -0.3 is 14.6 Å². The summed E-state index contributed by atoms with van der Waals surface area (Å²) in [6.45, 7) is 3.69. The summed E-state index contributed by atoms with van der Waals surface area (Å²) < 4.78 is 5.55. The lowest BCUT2D eigenvalue weighted by Crippen LogP contribution is -2.29. The predicted octanol–water partition coefficient (Wildman–Crippen LogP) is 2.83. The lowest BCUT2D eigenvalue weighted by Gasteiger charge is -2.18. The summed E-state index contributed by atoms with van der Waals surface area (Å²) in [7, 11) is 0. The minimum atomic E-state index is -1.66. The number of carboxylic acids is 2. The highest BCUT2D eigenvalue weighted by atomic mass is 16.4. The number of carbonyl (C=O) groups is 2. The van der Waals surface area contributed by atoms with Crippen LogP contribution in [0.2, 0.25) is 0 Å². The molecule has 6 heteroatoms. The molecule has 0 fully saturated rings. The van der Waals surface area contributed by atoms with Crippen molar-refractivity contribution in [3.63, 3.8) is 0 Å². The smallest absolute Gasteiger partial charge is 0.318 e. The van der Waals surface area contributed by atoms with Crippen molar-refractivity contribution in [2.24, 2.45) is 5.92 Å². The number of aliphatic carboxylic acids is 2. The summed E-state index contributed by atoms with van der Waals surface area (Å²) in [5, 5.41) is 28.1. The summed E-state index contributed by atoms with van der Waals surface area (Å²) in [6.07, 6.45) is -0.190. The fraction of sp³-hybridized carbons (Fsp3) is 0.312. The molecule has 22 heavy (non-hydrogen) atoms. The van der Waals surface area contributed by atoms with E-state index in [-0.39, 0.29) is 6.42 Å². The third-order valence-corrected chi connectivity index (χ3v) is 3.87. The molecule has 0 bridgehead atoms. The Labute approximate surface area is 126 Å². The molecule has 0 amide bonds. The number of aryl methyl sites for hydroxylation is 2. The Kier molecular flexibility index (Phi) is 4.18. The van der Waals surface area contributed by atoms with Crippen LogP contribution in [-0.2, 0) is 9.59 Å². The van der Waals surface area contributed by atoms with E-state index in [4.69, 9.17) is 19.9 Å². The first kappa shape index (κ1) is 15.6. The van der Waals surface area contributed by atoms with Crippen molar-refractivity contribution in [3.8, 4) is 6.07 Å². The van der Waals surface area contributed by atoms with Crippen LogP contribution >= 0.6 is 0 Å². The zero-order chi connectivity index (χ0) is 16.4. The third kappa shape index (κ3) is 2.66. The molecule has 2 aromatic rings. The van der Waals surface area contributed by atoms with Gasteiger partial charge in [0.1, 0.15) is 11.3 Å². The number of hydrogen-bond donors (Lipinski definition) is 2. The monoisotopic (exact) mass is 301 g/mol. The zero-order valence-electron chi connectivity index (χ0n) is 12.2. The van der Waals surface area contributed by atoms with E-state index in [0.29, 0.717) is 11.1 Å². The average Bonchev–Trinajstić information content (AvgIpc) is 2.72. The van der Waals surface area contributed by atoms with Gasteiger partial charge in [-0.1, -0.05) is 6.07 Å². The van der Waals surface area contributed by atoms with Crippen LogP contribution in [0.5, 0.6) is 0 Å². The third-order valence-electron chi connectivity index (χ3n) is 3.87. The number of fused-ring (bicyclic) bond motifs is 1. The number of nitrogens with zero attached hydrogens (tertiary/aromatic N) is 1. The highest BCUT2D eigenvalue weighted by Crippen LogP contribution is 2.33. The average molecular weight is 301 g/mol. The second-order valence-electron chi connectivity index (χ2n) is 5.16. The van der Waals surface area contributed by atoms with Gasteiger partial charge in [0.25, 0.3) is 0 Å². The minimum absolute atomic E-state index is 0.190. The Balaban J connectivity index is 2.57. The van der Waals surface area contributed by atoms with Crippen molar-refractivity contribution in [2.45, 2.75) is 26.2 Å². The van der Waals surface area contributed by atoms with Gasteiger partial charge in [0.05, 0.1) is 6.07 Å². The molecule has 0 saturated heterocycles.